The fourth-order valence-corrected chi connectivity index (χ4v) is 5.86. The molecule has 3 aromatic carbocycles. The zero-order valence-corrected chi connectivity index (χ0v) is 19.6. The first-order valence-corrected chi connectivity index (χ1v) is 12.9. The summed E-state index contributed by atoms with van der Waals surface area (Å²) in [5.41, 5.74) is 5.26. The highest BCUT2D eigenvalue weighted by molar-refractivity contribution is 7.89. The van der Waals surface area contributed by atoms with Gasteiger partial charge in [0.2, 0.25) is 10.0 Å². The molecule has 0 unspecified atom stereocenters. The molecule has 0 aliphatic carbocycles. The summed E-state index contributed by atoms with van der Waals surface area (Å²) < 4.78 is 28.8. The minimum absolute atomic E-state index is 0.206. The van der Waals surface area contributed by atoms with Crippen LogP contribution in [0.15, 0.2) is 83.9 Å². The van der Waals surface area contributed by atoms with Crippen molar-refractivity contribution in [1.82, 2.24) is 9.71 Å². The molecule has 0 saturated heterocycles. The predicted octanol–water partition coefficient (Wildman–Crippen LogP) is 5.49. The van der Waals surface area contributed by atoms with Gasteiger partial charge < -0.3 is 4.90 Å². The van der Waals surface area contributed by atoms with Crippen LogP contribution in [0.3, 0.4) is 0 Å². The number of anilines is 2. The molecular weight excluding hydrogens is 454 g/mol. The van der Waals surface area contributed by atoms with E-state index in [2.05, 4.69) is 38.9 Å². The quantitative estimate of drug-likeness (QED) is 0.373. The molecule has 2 heterocycles. The Morgan fingerprint density at radius 2 is 1.70 bits per heavy atom. The molecule has 0 amide bonds. The highest BCUT2D eigenvalue weighted by Gasteiger charge is 2.21. The maximum Gasteiger partial charge on any atom is 0.242 e. The highest BCUT2D eigenvalue weighted by atomic mass is 35.5. The Morgan fingerprint density at radius 1 is 0.909 bits per heavy atom. The Morgan fingerprint density at radius 3 is 2.58 bits per heavy atom. The molecule has 0 fully saturated rings. The summed E-state index contributed by atoms with van der Waals surface area (Å²) in [4.78, 5) is 6.75. The normalized spacial score (nSPS) is 13.4. The van der Waals surface area contributed by atoms with Gasteiger partial charge >= 0.3 is 0 Å². The third-order valence-corrected chi connectivity index (χ3v) is 7.75. The molecule has 0 radical (unpaired) electrons. The van der Waals surface area contributed by atoms with E-state index in [0.29, 0.717) is 30.0 Å². The van der Waals surface area contributed by atoms with Gasteiger partial charge in [0.25, 0.3) is 0 Å². The van der Waals surface area contributed by atoms with Crippen LogP contribution in [0, 0.1) is 0 Å². The Hall–Kier alpha value is -2.93. The monoisotopic (exact) mass is 477 g/mol. The second-order valence-corrected chi connectivity index (χ2v) is 10.3. The zero-order chi connectivity index (χ0) is 22.8. The fraction of sp³-hybridized carbons (Fsp3) is 0.192. The molecule has 7 heteroatoms. The van der Waals surface area contributed by atoms with Gasteiger partial charge in [-0.1, -0.05) is 54.1 Å². The van der Waals surface area contributed by atoms with E-state index in [4.69, 9.17) is 11.6 Å². The van der Waals surface area contributed by atoms with Gasteiger partial charge in [-0.3, -0.25) is 4.98 Å². The lowest BCUT2D eigenvalue weighted by Gasteiger charge is -2.27. The van der Waals surface area contributed by atoms with Gasteiger partial charge in [0.05, 0.1) is 5.52 Å². The molecule has 1 N–H and O–H groups in total. The van der Waals surface area contributed by atoms with Crippen molar-refractivity contribution in [1.29, 1.82) is 0 Å². The summed E-state index contributed by atoms with van der Waals surface area (Å²) in [5, 5.41) is 1.50. The average Bonchev–Trinajstić information content (AvgIpc) is 2.98. The number of rotatable bonds is 6. The molecule has 5 nitrogen and oxygen atoms in total. The molecule has 4 aromatic rings. The lowest BCUT2D eigenvalue weighted by atomic mass is 10.0. The van der Waals surface area contributed by atoms with Crippen LogP contribution in [0.2, 0.25) is 5.02 Å². The van der Waals surface area contributed by atoms with Crippen molar-refractivity contribution in [3.63, 3.8) is 0 Å². The maximum atomic E-state index is 13.0. The van der Waals surface area contributed by atoms with E-state index in [0.717, 1.165) is 29.6 Å². The third kappa shape index (κ3) is 4.47. The van der Waals surface area contributed by atoms with E-state index in [1.807, 2.05) is 30.3 Å². The van der Waals surface area contributed by atoms with Gasteiger partial charge in [-0.15, -0.1) is 0 Å². The Labute approximate surface area is 199 Å². The Balaban J connectivity index is 1.35. The molecule has 5 rings (SSSR count). The number of benzene rings is 3. The largest absolute Gasteiger partial charge is 0.341 e. The molecule has 0 saturated carbocycles. The molecule has 1 aliphatic heterocycles. The first-order chi connectivity index (χ1) is 16.0. The summed E-state index contributed by atoms with van der Waals surface area (Å²) in [7, 11) is -3.68. The lowest BCUT2D eigenvalue weighted by Crippen LogP contribution is -2.28. The topological polar surface area (TPSA) is 62.3 Å². The number of hydrogen-bond acceptors (Lipinski definition) is 4. The Kier molecular flexibility index (Phi) is 6.06. The number of fused-ring (bicyclic) bond motifs is 3. The van der Waals surface area contributed by atoms with Crippen LogP contribution in [-0.2, 0) is 22.9 Å². The fourth-order valence-electron chi connectivity index (χ4n) is 4.44. The number of nitrogens with one attached hydrogen (secondary N) is 1. The molecule has 1 aromatic heterocycles. The predicted molar refractivity (Wildman–Crippen MR) is 134 cm³/mol. The van der Waals surface area contributed by atoms with Crippen LogP contribution in [0.5, 0.6) is 0 Å². The van der Waals surface area contributed by atoms with Crippen LogP contribution >= 0.6 is 11.6 Å². The minimum Gasteiger partial charge on any atom is -0.341 e. The van der Waals surface area contributed by atoms with Crippen molar-refractivity contribution in [2.24, 2.45) is 0 Å². The van der Waals surface area contributed by atoms with E-state index in [1.54, 1.807) is 24.4 Å². The van der Waals surface area contributed by atoms with Crippen LogP contribution in [-0.4, -0.2) is 26.5 Å². The maximum absolute atomic E-state index is 13.0. The standard InChI is InChI=1S/C26H24ClN3O2S/c27-22-14-13-20-12-11-19-6-1-2-9-23(19)30(24(20)18-22)17-5-16-29-33(31,32)25-10-3-7-21-8-4-15-28-26(21)25/h1-4,6-10,13-15,18,29H,5,11-12,16-17H2. The number of para-hydroxylation sites is 2. The molecule has 168 valence electrons. The number of halogens is 1. The van der Waals surface area contributed by atoms with E-state index in [-0.39, 0.29) is 4.90 Å². The number of aryl methyl sites for hydroxylation is 2. The average molecular weight is 478 g/mol. The summed E-state index contributed by atoms with van der Waals surface area (Å²) >= 11 is 6.33. The summed E-state index contributed by atoms with van der Waals surface area (Å²) in [6.07, 6.45) is 4.15. The summed E-state index contributed by atoms with van der Waals surface area (Å²) in [6, 6.07) is 23.3. The molecule has 1 aliphatic rings. The summed E-state index contributed by atoms with van der Waals surface area (Å²) in [6.45, 7) is 0.987. The molecule has 0 bridgehead atoms. The van der Waals surface area contributed by atoms with Crippen LogP contribution < -0.4 is 9.62 Å². The van der Waals surface area contributed by atoms with Gasteiger partial charge in [0.1, 0.15) is 4.90 Å². The van der Waals surface area contributed by atoms with E-state index < -0.39 is 10.0 Å². The van der Waals surface area contributed by atoms with Crippen molar-refractivity contribution in [2.45, 2.75) is 24.2 Å². The third-order valence-electron chi connectivity index (χ3n) is 6.02. The van der Waals surface area contributed by atoms with E-state index in [1.165, 1.54) is 11.1 Å². The molecule has 0 spiro atoms. The van der Waals surface area contributed by atoms with Crippen molar-refractivity contribution in [2.75, 3.05) is 18.0 Å². The van der Waals surface area contributed by atoms with Crippen molar-refractivity contribution >= 4 is 43.9 Å². The highest BCUT2D eigenvalue weighted by Crippen LogP contribution is 2.37. The number of pyridine rings is 1. The molecular formula is C26H24ClN3O2S. The van der Waals surface area contributed by atoms with Crippen LogP contribution in [0.25, 0.3) is 10.9 Å². The second kappa shape index (κ2) is 9.14. The van der Waals surface area contributed by atoms with Crippen molar-refractivity contribution in [3.05, 3.63) is 95.1 Å². The van der Waals surface area contributed by atoms with Crippen LogP contribution in [0.4, 0.5) is 11.4 Å². The van der Waals surface area contributed by atoms with E-state index in [9.17, 15) is 8.42 Å². The molecule has 33 heavy (non-hydrogen) atoms. The number of sulfonamides is 1. The first kappa shape index (κ1) is 21.9. The summed E-state index contributed by atoms with van der Waals surface area (Å²) in [5.74, 6) is 0. The number of aromatic nitrogens is 1. The number of hydrogen-bond donors (Lipinski definition) is 1. The first-order valence-electron chi connectivity index (χ1n) is 11.0. The number of nitrogens with zero attached hydrogens (tertiary/aromatic N) is 2. The van der Waals surface area contributed by atoms with Crippen molar-refractivity contribution in [3.8, 4) is 0 Å². The van der Waals surface area contributed by atoms with Crippen molar-refractivity contribution < 1.29 is 8.42 Å². The van der Waals surface area contributed by atoms with Gasteiger partial charge in [-0.25, -0.2) is 13.1 Å². The SMILES string of the molecule is O=S(=O)(NCCCN1c2ccccc2CCc2ccc(Cl)cc21)c1cccc2cccnc12. The van der Waals surface area contributed by atoms with Gasteiger partial charge in [-0.05, 0) is 60.7 Å². The molecule has 0 atom stereocenters. The second-order valence-electron chi connectivity index (χ2n) is 8.14. The van der Waals surface area contributed by atoms with Gasteiger partial charge in [-0.2, -0.15) is 0 Å². The smallest absolute Gasteiger partial charge is 0.242 e. The zero-order valence-electron chi connectivity index (χ0n) is 18.0. The van der Waals surface area contributed by atoms with Gasteiger partial charge in [0, 0.05) is 41.1 Å². The van der Waals surface area contributed by atoms with Crippen LogP contribution in [0.1, 0.15) is 17.5 Å². The van der Waals surface area contributed by atoms with E-state index >= 15 is 0 Å². The minimum atomic E-state index is -3.68. The lowest BCUT2D eigenvalue weighted by molar-refractivity contribution is 0.580. The Bertz CT molecular complexity index is 1420. The van der Waals surface area contributed by atoms with Gasteiger partial charge in [0.15, 0.2) is 0 Å².